The summed E-state index contributed by atoms with van der Waals surface area (Å²) >= 11 is 5.89. The first-order chi connectivity index (χ1) is 14.2. The number of carbonyl (C=O) groups excluding carboxylic acids is 1. The third-order valence-corrected chi connectivity index (χ3v) is 4.76. The number of rotatable bonds is 7. The van der Waals surface area contributed by atoms with Gasteiger partial charge in [0.05, 0.1) is 5.69 Å². The number of amides is 1. The van der Waals surface area contributed by atoms with E-state index in [-0.39, 0.29) is 5.91 Å². The lowest BCUT2D eigenvalue weighted by Gasteiger charge is -2.08. The summed E-state index contributed by atoms with van der Waals surface area (Å²) < 4.78 is 7.78. The molecule has 0 saturated carbocycles. The summed E-state index contributed by atoms with van der Waals surface area (Å²) in [7, 11) is 0. The predicted molar refractivity (Wildman–Crippen MR) is 113 cm³/mol. The number of nitrogens with zero attached hydrogens (tertiary/aromatic N) is 2. The Morgan fingerprint density at radius 2 is 1.93 bits per heavy atom. The molecule has 5 nitrogen and oxygen atoms in total. The summed E-state index contributed by atoms with van der Waals surface area (Å²) in [5.41, 5.74) is 3.39. The maximum Gasteiger partial charge on any atom is 0.251 e. The maximum absolute atomic E-state index is 12.4. The van der Waals surface area contributed by atoms with Crippen LogP contribution < -0.4 is 10.1 Å². The van der Waals surface area contributed by atoms with Crippen molar-refractivity contribution in [3.05, 3.63) is 101 Å². The first kappa shape index (κ1) is 19.0. The van der Waals surface area contributed by atoms with E-state index in [0.29, 0.717) is 29.5 Å². The van der Waals surface area contributed by atoms with Gasteiger partial charge in [0.1, 0.15) is 18.0 Å². The fourth-order valence-electron chi connectivity index (χ4n) is 3.01. The van der Waals surface area contributed by atoms with Crippen LogP contribution in [0, 0.1) is 0 Å². The minimum atomic E-state index is -0.128. The quantitative estimate of drug-likeness (QED) is 0.491. The van der Waals surface area contributed by atoms with Crippen LogP contribution in [0.15, 0.2) is 79.1 Å². The number of ether oxygens (including phenoxy) is 1. The number of imidazole rings is 1. The SMILES string of the molecule is O=C(NCCc1ccc(Cl)cc1)c1cccc(OCc2cn3ccccc3n2)c1. The average molecular weight is 406 g/mol. The van der Waals surface area contributed by atoms with Gasteiger partial charge in [-0.05, 0) is 54.4 Å². The van der Waals surface area contributed by atoms with Gasteiger partial charge < -0.3 is 14.5 Å². The fourth-order valence-corrected chi connectivity index (χ4v) is 3.14. The summed E-state index contributed by atoms with van der Waals surface area (Å²) in [5.74, 6) is 0.504. The summed E-state index contributed by atoms with van der Waals surface area (Å²) in [6.45, 7) is 0.885. The van der Waals surface area contributed by atoms with Crippen LogP contribution in [-0.4, -0.2) is 21.8 Å². The molecule has 1 N–H and O–H groups in total. The van der Waals surface area contributed by atoms with Gasteiger partial charge in [-0.1, -0.05) is 35.9 Å². The van der Waals surface area contributed by atoms with E-state index in [1.165, 1.54) is 0 Å². The number of carbonyl (C=O) groups is 1. The Morgan fingerprint density at radius 3 is 2.76 bits per heavy atom. The third kappa shape index (κ3) is 4.95. The van der Waals surface area contributed by atoms with Crippen molar-refractivity contribution >= 4 is 23.2 Å². The second-order valence-electron chi connectivity index (χ2n) is 6.65. The Morgan fingerprint density at radius 1 is 1.07 bits per heavy atom. The van der Waals surface area contributed by atoms with Crippen LogP contribution in [0.5, 0.6) is 5.75 Å². The number of nitrogens with one attached hydrogen (secondary N) is 1. The van der Waals surface area contributed by atoms with E-state index in [1.54, 1.807) is 12.1 Å². The Hall–Kier alpha value is -3.31. The van der Waals surface area contributed by atoms with Crippen LogP contribution in [-0.2, 0) is 13.0 Å². The summed E-state index contributed by atoms with van der Waals surface area (Å²) in [5, 5.41) is 3.64. The number of hydrogen-bond acceptors (Lipinski definition) is 3. The molecule has 6 heteroatoms. The molecule has 4 rings (SSSR count). The topological polar surface area (TPSA) is 55.6 Å². The Balaban J connectivity index is 1.32. The van der Waals surface area contributed by atoms with Gasteiger partial charge in [-0.2, -0.15) is 0 Å². The standard InChI is InChI=1S/C23H20ClN3O2/c24-19-9-7-17(8-10-19)11-12-25-23(28)18-4-3-5-21(14-18)29-16-20-15-27-13-2-1-6-22(27)26-20/h1-10,13-15H,11-12,16H2,(H,25,28). The predicted octanol–water partition coefficient (Wildman–Crippen LogP) is 4.54. The van der Waals surface area contributed by atoms with Crippen molar-refractivity contribution < 1.29 is 9.53 Å². The minimum Gasteiger partial charge on any atom is -0.487 e. The summed E-state index contributed by atoms with van der Waals surface area (Å²) in [6.07, 6.45) is 4.62. The monoisotopic (exact) mass is 405 g/mol. The van der Waals surface area contributed by atoms with Crippen LogP contribution in [0.25, 0.3) is 5.65 Å². The second-order valence-corrected chi connectivity index (χ2v) is 7.08. The smallest absolute Gasteiger partial charge is 0.251 e. The van der Waals surface area contributed by atoms with E-state index in [9.17, 15) is 4.79 Å². The number of benzene rings is 2. The highest BCUT2D eigenvalue weighted by molar-refractivity contribution is 6.30. The van der Waals surface area contributed by atoms with Crippen LogP contribution in [0.4, 0.5) is 0 Å². The largest absolute Gasteiger partial charge is 0.487 e. The van der Waals surface area contributed by atoms with Gasteiger partial charge in [0.2, 0.25) is 0 Å². The van der Waals surface area contributed by atoms with Crippen LogP contribution in [0.2, 0.25) is 5.02 Å². The Bertz CT molecular complexity index is 1090. The Kier molecular flexibility index (Phi) is 5.77. The van der Waals surface area contributed by atoms with Crippen molar-refractivity contribution in [2.24, 2.45) is 0 Å². The van der Waals surface area contributed by atoms with E-state index in [4.69, 9.17) is 16.3 Å². The van der Waals surface area contributed by atoms with E-state index >= 15 is 0 Å². The van der Waals surface area contributed by atoms with Crippen molar-refractivity contribution in [2.45, 2.75) is 13.0 Å². The first-order valence-corrected chi connectivity index (χ1v) is 9.73. The molecule has 0 fully saturated rings. The normalized spacial score (nSPS) is 10.8. The molecule has 0 unspecified atom stereocenters. The zero-order chi connectivity index (χ0) is 20.1. The van der Waals surface area contributed by atoms with E-state index in [0.717, 1.165) is 23.3 Å². The van der Waals surface area contributed by atoms with Gasteiger partial charge in [0.25, 0.3) is 5.91 Å². The maximum atomic E-state index is 12.4. The molecule has 146 valence electrons. The number of pyridine rings is 1. The van der Waals surface area contributed by atoms with Crippen LogP contribution in [0.3, 0.4) is 0 Å². The lowest BCUT2D eigenvalue weighted by Crippen LogP contribution is -2.25. The minimum absolute atomic E-state index is 0.128. The molecule has 0 saturated heterocycles. The van der Waals surface area contributed by atoms with Crippen molar-refractivity contribution in [1.82, 2.24) is 14.7 Å². The molecule has 0 atom stereocenters. The van der Waals surface area contributed by atoms with E-state index < -0.39 is 0 Å². The van der Waals surface area contributed by atoms with Crippen molar-refractivity contribution in [2.75, 3.05) is 6.54 Å². The molecule has 29 heavy (non-hydrogen) atoms. The van der Waals surface area contributed by atoms with Crippen molar-refractivity contribution in [3.63, 3.8) is 0 Å². The molecule has 2 aromatic carbocycles. The van der Waals surface area contributed by atoms with E-state index in [2.05, 4.69) is 10.3 Å². The highest BCUT2D eigenvalue weighted by Crippen LogP contribution is 2.16. The zero-order valence-electron chi connectivity index (χ0n) is 15.7. The molecular weight excluding hydrogens is 386 g/mol. The molecule has 0 aliphatic heterocycles. The van der Waals surface area contributed by atoms with Gasteiger partial charge in [0.15, 0.2) is 0 Å². The molecule has 2 aromatic heterocycles. The summed E-state index contributed by atoms with van der Waals surface area (Å²) in [4.78, 5) is 16.9. The number of hydrogen-bond donors (Lipinski definition) is 1. The third-order valence-electron chi connectivity index (χ3n) is 4.51. The van der Waals surface area contributed by atoms with Crippen molar-refractivity contribution in [1.29, 1.82) is 0 Å². The molecule has 4 aromatic rings. The molecule has 0 aliphatic rings. The Labute approximate surface area is 173 Å². The van der Waals surface area contributed by atoms with Crippen molar-refractivity contribution in [3.8, 4) is 5.75 Å². The molecule has 1 amide bonds. The highest BCUT2D eigenvalue weighted by atomic mass is 35.5. The highest BCUT2D eigenvalue weighted by Gasteiger charge is 2.08. The average Bonchev–Trinajstić information content (AvgIpc) is 3.17. The van der Waals surface area contributed by atoms with Crippen LogP contribution in [0.1, 0.15) is 21.6 Å². The number of aromatic nitrogens is 2. The second kappa shape index (κ2) is 8.80. The lowest BCUT2D eigenvalue weighted by atomic mass is 10.1. The van der Waals surface area contributed by atoms with Gasteiger partial charge in [-0.25, -0.2) is 4.98 Å². The molecular formula is C23H20ClN3O2. The molecule has 0 radical (unpaired) electrons. The molecule has 0 aliphatic carbocycles. The number of halogens is 1. The number of fused-ring (bicyclic) bond motifs is 1. The molecule has 0 bridgehead atoms. The van der Waals surface area contributed by atoms with Gasteiger partial charge >= 0.3 is 0 Å². The molecule has 2 heterocycles. The van der Waals surface area contributed by atoms with Gasteiger partial charge in [0, 0.05) is 29.5 Å². The first-order valence-electron chi connectivity index (χ1n) is 9.35. The summed E-state index contributed by atoms with van der Waals surface area (Å²) in [6, 6.07) is 20.6. The van der Waals surface area contributed by atoms with Crippen LogP contribution >= 0.6 is 11.6 Å². The fraction of sp³-hybridized carbons (Fsp3) is 0.130. The van der Waals surface area contributed by atoms with E-state index in [1.807, 2.05) is 71.4 Å². The lowest BCUT2D eigenvalue weighted by molar-refractivity contribution is 0.0953. The van der Waals surface area contributed by atoms with Gasteiger partial charge in [-0.3, -0.25) is 4.79 Å². The zero-order valence-corrected chi connectivity index (χ0v) is 16.5. The van der Waals surface area contributed by atoms with Gasteiger partial charge in [-0.15, -0.1) is 0 Å². The molecule has 0 spiro atoms.